The van der Waals surface area contributed by atoms with E-state index in [-0.39, 0.29) is 11.9 Å². The van der Waals surface area contributed by atoms with Gasteiger partial charge < -0.3 is 10.3 Å². The molecule has 0 bridgehead atoms. The van der Waals surface area contributed by atoms with Crippen LogP contribution in [0.2, 0.25) is 0 Å². The zero-order valence-corrected chi connectivity index (χ0v) is 12.8. The minimum atomic E-state index is -0.0866. The third-order valence-electron chi connectivity index (χ3n) is 3.47. The lowest BCUT2D eigenvalue weighted by Crippen LogP contribution is -2.26. The van der Waals surface area contributed by atoms with Crippen LogP contribution in [0.5, 0.6) is 0 Å². The summed E-state index contributed by atoms with van der Waals surface area (Å²) >= 11 is 1.65. The van der Waals surface area contributed by atoms with Crippen molar-refractivity contribution in [2.24, 2.45) is 0 Å². The summed E-state index contributed by atoms with van der Waals surface area (Å²) in [4.78, 5) is 21.2. The van der Waals surface area contributed by atoms with E-state index in [1.165, 1.54) is 4.88 Å². The molecule has 2 aromatic heterocycles. The normalized spacial score (nSPS) is 12.5. The molecule has 0 saturated carbocycles. The predicted octanol–water partition coefficient (Wildman–Crippen LogP) is 3.68. The molecule has 0 fully saturated rings. The number of rotatable bonds is 4. The van der Waals surface area contributed by atoms with Crippen molar-refractivity contribution in [3.05, 3.63) is 52.1 Å². The number of aromatic amines is 1. The van der Waals surface area contributed by atoms with Crippen molar-refractivity contribution in [1.29, 1.82) is 0 Å². The molecule has 108 valence electrons. The van der Waals surface area contributed by atoms with E-state index >= 15 is 0 Å². The van der Waals surface area contributed by atoms with Crippen LogP contribution in [-0.4, -0.2) is 15.9 Å². The van der Waals surface area contributed by atoms with Gasteiger partial charge in [0, 0.05) is 28.2 Å². The first-order chi connectivity index (χ1) is 10.2. The highest BCUT2D eigenvalue weighted by Gasteiger charge is 2.17. The fourth-order valence-corrected chi connectivity index (χ4v) is 3.14. The second-order valence-electron chi connectivity index (χ2n) is 4.96. The standard InChI is InChI=1S/C16H17N3OS/c1-3-11-8-18-16(21-11)10(2)19-15(20)13-9-17-14-7-5-4-6-12(13)14/h4-10,17H,3H2,1-2H3,(H,19,20). The van der Waals surface area contributed by atoms with E-state index in [9.17, 15) is 4.79 Å². The van der Waals surface area contributed by atoms with E-state index in [0.29, 0.717) is 5.56 Å². The molecule has 0 radical (unpaired) electrons. The Hall–Kier alpha value is -2.14. The number of para-hydroxylation sites is 1. The van der Waals surface area contributed by atoms with Crippen LogP contribution in [0.4, 0.5) is 0 Å². The average Bonchev–Trinajstić information content (AvgIpc) is 3.14. The molecule has 21 heavy (non-hydrogen) atoms. The van der Waals surface area contributed by atoms with E-state index < -0.39 is 0 Å². The van der Waals surface area contributed by atoms with Crippen molar-refractivity contribution in [3.63, 3.8) is 0 Å². The van der Waals surface area contributed by atoms with Crippen LogP contribution in [0.1, 0.15) is 40.1 Å². The van der Waals surface area contributed by atoms with Gasteiger partial charge in [0.05, 0.1) is 11.6 Å². The van der Waals surface area contributed by atoms with Gasteiger partial charge in [0.25, 0.3) is 5.91 Å². The van der Waals surface area contributed by atoms with Gasteiger partial charge in [0.15, 0.2) is 0 Å². The number of nitrogens with zero attached hydrogens (tertiary/aromatic N) is 1. The quantitative estimate of drug-likeness (QED) is 0.772. The Bertz CT molecular complexity index is 775. The Morgan fingerprint density at radius 3 is 3.00 bits per heavy atom. The minimum absolute atomic E-state index is 0.0757. The molecule has 1 amide bonds. The molecule has 0 saturated heterocycles. The SMILES string of the molecule is CCc1cnc(C(C)NC(=O)c2c[nH]c3ccccc23)s1. The van der Waals surface area contributed by atoms with E-state index in [2.05, 4.69) is 22.2 Å². The summed E-state index contributed by atoms with van der Waals surface area (Å²) in [5, 5.41) is 4.90. The maximum absolute atomic E-state index is 12.4. The smallest absolute Gasteiger partial charge is 0.254 e. The number of benzene rings is 1. The van der Waals surface area contributed by atoms with Gasteiger partial charge in [-0.3, -0.25) is 4.79 Å². The van der Waals surface area contributed by atoms with Crippen molar-refractivity contribution in [1.82, 2.24) is 15.3 Å². The van der Waals surface area contributed by atoms with Crippen molar-refractivity contribution in [3.8, 4) is 0 Å². The van der Waals surface area contributed by atoms with Crippen LogP contribution >= 0.6 is 11.3 Å². The Morgan fingerprint density at radius 1 is 1.43 bits per heavy atom. The van der Waals surface area contributed by atoms with Crippen molar-refractivity contribution < 1.29 is 4.79 Å². The summed E-state index contributed by atoms with van der Waals surface area (Å²) in [5.74, 6) is -0.0757. The van der Waals surface area contributed by atoms with Gasteiger partial charge in [-0.15, -0.1) is 11.3 Å². The van der Waals surface area contributed by atoms with E-state index in [1.807, 2.05) is 37.4 Å². The van der Waals surface area contributed by atoms with Crippen LogP contribution in [0.25, 0.3) is 10.9 Å². The lowest BCUT2D eigenvalue weighted by atomic mass is 10.1. The highest BCUT2D eigenvalue weighted by molar-refractivity contribution is 7.11. The van der Waals surface area contributed by atoms with Gasteiger partial charge in [-0.05, 0) is 19.4 Å². The van der Waals surface area contributed by atoms with Crippen LogP contribution in [0.3, 0.4) is 0 Å². The second kappa shape index (κ2) is 5.69. The average molecular weight is 299 g/mol. The monoisotopic (exact) mass is 299 g/mol. The number of carbonyl (C=O) groups is 1. The summed E-state index contributed by atoms with van der Waals surface area (Å²) in [6.45, 7) is 4.07. The number of fused-ring (bicyclic) bond motifs is 1. The summed E-state index contributed by atoms with van der Waals surface area (Å²) in [7, 11) is 0. The van der Waals surface area contributed by atoms with Gasteiger partial charge in [-0.1, -0.05) is 25.1 Å². The van der Waals surface area contributed by atoms with Crippen LogP contribution in [0, 0.1) is 0 Å². The van der Waals surface area contributed by atoms with E-state index in [0.717, 1.165) is 22.3 Å². The van der Waals surface area contributed by atoms with Crippen molar-refractivity contribution >= 4 is 28.1 Å². The minimum Gasteiger partial charge on any atom is -0.360 e. The first kappa shape index (κ1) is 13.8. The van der Waals surface area contributed by atoms with Crippen molar-refractivity contribution in [2.75, 3.05) is 0 Å². The number of hydrogen-bond donors (Lipinski definition) is 2. The maximum atomic E-state index is 12.4. The summed E-state index contributed by atoms with van der Waals surface area (Å²) in [5.41, 5.74) is 1.64. The zero-order chi connectivity index (χ0) is 14.8. The summed E-state index contributed by atoms with van der Waals surface area (Å²) in [6, 6.07) is 7.71. The molecule has 1 atom stereocenters. The second-order valence-corrected chi connectivity index (χ2v) is 6.11. The van der Waals surface area contributed by atoms with Gasteiger partial charge in [-0.25, -0.2) is 4.98 Å². The molecule has 1 unspecified atom stereocenters. The molecule has 3 rings (SSSR count). The number of H-pyrrole nitrogens is 1. The molecule has 4 nitrogen and oxygen atoms in total. The third kappa shape index (κ3) is 2.69. The summed E-state index contributed by atoms with van der Waals surface area (Å²) < 4.78 is 0. The van der Waals surface area contributed by atoms with Crippen LogP contribution in [-0.2, 0) is 6.42 Å². The maximum Gasteiger partial charge on any atom is 0.254 e. The molecule has 0 aliphatic heterocycles. The highest BCUT2D eigenvalue weighted by Crippen LogP contribution is 2.22. The topological polar surface area (TPSA) is 57.8 Å². The molecular weight excluding hydrogens is 282 g/mol. The number of nitrogens with one attached hydrogen (secondary N) is 2. The van der Waals surface area contributed by atoms with Gasteiger partial charge in [0.2, 0.25) is 0 Å². The number of aryl methyl sites for hydroxylation is 1. The van der Waals surface area contributed by atoms with Crippen molar-refractivity contribution in [2.45, 2.75) is 26.3 Å². The largest absolute Gasteiger partial charge is 0.360 e. The fraction of sp³-hybridized carbons (Fsp3) is 0.250. The number of aromatic nitrogens is 2. The number of thiazole rings is 1. The van der Waals surface area contributed by atoms with Crippen LogP contribution < -0.4 is 5.32 Å². The first-order valence-electron chi connectivity index (χ1n) is 7.00. The molecule has 2 N–H and O–H groups in total. The molecule has 1 aromatic carbocycles. The highest BCUT2D eigenvalue weighted by atomic mass is 32.1. The molecule has 0 aliphatic rings. The molecule has 5 heteroatoms. The summed E-state index contributed by atoms with van der Waals surface area (Å²) in [6.07, 6.45) is 4.61. The van der Waals surface area contributed by atoms with E-state index in [1.54, 1.807) is 17.5 Å². The number of amides is 1. The zero-order valence-electron chi connectivity index (χ0n) is 12.0. The Labute approximate surface area is 127 Å². The number of carbonyl (C=O) groups excluding carboxylic acids is 1. The Kier molecular flexibility index (Phi) is 3.75. The molecule has 2 heterocycles. The lowest BCUT2D eigenvalue weighted by molar-refractivity contribution is 0.0941. The third-order valence-corrected chi connectivity index (χ3v) is 4.80. The molecule has 0 aliphatic carbocycles. The predicted molar refractivity (Wildman–Crippen MR) is 85.7 cm³/mol. The Balaban J connectivity index is 1.79. The molecular formula is C16H17N3OS. The van der Waals surface area contributed by atoms with Gasteiger partial charge in [-0.2, -0.15) is 0 Å². The Morgan fingerprint density at radius 2 is 2.24 bits per heavy atom. The fourth-order valence-electron chi connectivity index (χ4n) is 2.28. The van der Waals surface area contributed by atoms with Gasteiger partial charge in [0.1, 0.15) is 5.01 Å². The number of hydrogen-bond acceptors (Lipinski definition) is 3. The van der Waals surface area contributed by atoms with Crippen LogP contribution in [0.15, 0.2) is 36.7 Å². The van der Waals surface area contributed by atoms with E-state index in [4.69, 9.17) is 0 Å². The molecule has 0 spiro atoms. The lowest BCUT2D eigenvalue weighted by Gasteiger charge is -2.10. The van der Waals surface area contributed by atoms with Gasteiger partial charge >= 0.3 is 0 Å². The first-order valence-corrected chi connectivity index (χ1v) is 7.82. The molecule has 3 aromatic rings.